The molecule has 3 aromatic carbocycles. The Hall–Kier alpha value is -2.99. The lowest BCUT2D eigenvalue weighted by molar-refractivity contribution is -0.139. The van der Waals surface area contributed by atoms with Gasteiger partial charge in [-0.15, -0.1) is 0 Å². The maximum absolute atomic E-state index is 14.6. The average Bonchev–Trinajstić information content (AvgIpc) is 3.45. The highest BCUT2D eigenvalue weighted by molar-refractivity contribution is 14.1. The van der Waals surface area contributed by atoms with Crippen LogP contribution in [0.3, 0.4) is 0 Å². The predicted molar refractivity (Wildman–Crippen MR) is 157 cm³/mol. The first-order valence-electron chi connectivity index (χ1n) is 12.8. The number of nitrogens with zero attached hydrogens (tertiary/aromatic N) is 2. The molecule has 7 nitrogen and oxygen atoms in total. The van der Waals surface area contributed by atoms with Crippen molar-refractivity contribution in [2.24, 2.45) is 0 Å². The second-order valence-electron chi connectivity index (χ2n) is 9.58. The van der Waals surface area contributed by atoms with E-state index < -0.39 is 34.3 Å². The molecule has 1 saturated carbocycles. The van der Waals surface area contributed by atoms with E-state index in [0.717, 1.165) is 33.6 Å². The third kappa shape index (κ3) is 7.16. The monoisotopic (exact) mass is 663 g/mol. The average molecular weight is 664 g/mol. The van der Waals surface area contributed by atoms with Gasteiger partial charge in [0, 0.05) is 21.7 Å². The van der Waals surface area contributed by atoms with Gasteiger partial charge < -0.3 is 10.2 Å². The highest BCUT2D eigenvalue weighted by Gasteiger charge is 2.33. The summed E-state index contributed by atoms with van der Waals surface area (Å²) in [7, 11) is -4.13. The van der Waals surface area contributed by atoms with E-state index in [0.29, 0.717) is 5.69 Å². The topological polar surface area (TPSA) is 86.8 Å². The Morgan fingerprint density at radius 1 is 0.974 bits per heavy atom. The molecule has 206 valence electrons. The Labute approximate surface area is 242 Å². The summed E-state index contributed by atoms with van der Waals surface area (Å²) >= 11 is 2.12. The van der Waals surface area contributed by atoms with E-state index in [1.165, 1.54) is 23.1 Å². The molecule has 1 atom stereocenters. The van der Waals surface area contributed by atoms with Crippen LogP contribution in [0.15, 0.2) is 83.8 Å². The number of benzene rings is 3. The third-order valence-electron chi connectivity index (χ3n) is 6.89. The maximum atomic E-state index is 14.6. The van der Waals surface area contributed by atoms with E-state index in [9.17, 15) is 22.4 Å². The quantitative estimate of drug-likeness (QED) is 0.306. The highest BCUT2D eigenvalue weighted by Crippen LogP contribution is 2.26. The number of anilines is 1. The van der Waals surface area contributed by atoms with Crippen LogP contribution in [0.2, 0.25) is 0 Å². The van der Waals surface area contributed by atoms with Crippen molar-refractivity contribution in [2.75, 3.05) is 10.8 Å². The van der Waals surface area contributed by atoms with Crippen molar-refractivity contribution in [3.05, 3.63) is 93.8 Å². The number of carbonyl (C=O) groups is 2. The fourth-order valence-electron chi connectivity index (χ4n) is 4.64. The Kier molecular flexibility index (Phi) is 9.60. The molecular formula is C29H31FIN3O4S. The van der Waals surface area contributed by atoms with Gasteiger partial charge in [0.05, 0.1) is 10.6 Å². The van der Waals surface area contributed by atoms with Crippen LogP contribution in [0.4, 0.5) is 10.1 Å². The Morgan fingerprint density at radius 3 is 2.23 bits per heavy atom. The van der Waals surface area contributed by atoms with Crippen LogP contribution < -0.4 is 9.62 Å². The highest BCUT2D eigenvalue weighted by atomic mass is 127. The summed E-state index contributed by atoms with van der Waals surface area (Å²) in [6.45, 7) is 0.841. The van der Waals surface area contributed by atoms with E-state index in [2.05, 4.69) is 27.9 Å². The Morgan fingerprint density at radius 2 is 1.59 bits per heavy atom. The van der Waals surface area contributed by atoms with E-state index >= 15 is 0 Å². The van der Waals surface area contributed by atoms with Gasteiger partial charge in [-0.1, -0.05) is 49.2 Å². The lowest BCUT2D eigenvalue weighted by atomic mass is 10.1. The standard InChI is InChI=1S/C29H31FIN3O4S/c1-21(29(36)32-24-10-6-7-11-24)33(19-22-9-5-8-14-27(22)30)28(35)20-34(25-17-15-23(31)16-18-25)39(37,38)26-12-3-2-4-13-26/h2-5,8-9,12-18,21,24H,6-7,10-11,19-20H2,1H3,(H,32,36)/t21-/m0/s1. The fraction of sp³-hybridized carbons (Fsp3) is 0.310. The van der Waals surface area contributed by atoms with Gasteiger partial charge in [-0.2, -0.15) is 0 Å². The van der Waals surface area contributed by atoms with Crippen molar-refractivity contribution in [3.63, 3.8) is 0 Å². The molecule has 10 heteroatoms. The summed E-state index contributed by atoms with van der Waals surface area (Å²) in [5.41, 5.74) is 0.541. The van der Waals surface area contributed by atoms with Gasteiger partial charge in [0.15, 0.2) is 0 Å². The molecule has 1 aliphatic rings. The molecule has 0 aliphatic heterocycles. The molecule has 0 aromatic heterocycles. The number of carbonyl (C=O) groups excluding carboxylic acids is 2. The largest absolute Gasteiger partial charge is 0.352 e. The van der Waals surface area contributed by atoms with Gasteiger partial charge in [0.1, 0.15) is 18.4 Å². The zero-order valence-electron chi connectivity index (χ0n) is 21.6. The van der Waals surface area contributed by atoms with Gasteiger partial charge in [0.2, 0.25) is 11.8 Å². The van der Waals surface area contributed by atoms with E-state index in [-0.39, 0.29) is 29.0 Å². The number of hydrogen-bond donors (Lipinski definition) is 1. The van der Waals surface area contributed by atoms with Gasteiger partial charge >= 0.3 is 0 Å². The molecule has 1 fully saturated rings. The van der Waals surface area contributed by atoms with Gasteiger partial charge in [0.25, 0.3) is 10.0 Å². The summed E-state index contributed by atoms with van der Waals surface area (Å²) < 4.78 is 44.0. The predicted octanol–water partition coefficient (Wildman–Crippen LogP) is 5.10. The smallest absolute Gasteiger partial charge is 0.264 e. The van der Waals surface area contributed by atoms with Crippen molar-refractivity contribution >= 4 is 50.1 Å². The number of amides is 2. The zero-order chi connectivity index (χ0) is 28.0. The van der Waals surface area contributed by atoms with Crippen molar-refractivity contribution < 1.29 is 22.4 Å². The molecule has 0 saturated heterocycles. The SMILES string of the molecule is C[C@@H](C(=O)NC1CCCC1)N(Cc1ccccc1F)C(=O)CN(c1ccc(I)cc1)S(=O)(=O)c1ccccc1. The molecule has 0 spiro atoms. The van der Waals surface area contributed by atoms with E-state index in [1.807, 2.05) is 0 Å². The first kappa shape index (κ1) is 29.0. The second-order valence-corrected chi connectivity index (χ2v) is 12.7. The normalized spacial score (nSPS) is 14.5. The van der Waals surface area contributed by atoms with Crippen LogP contribution >= 0.6 is 22.6 Å². The molecule has 39 heavy (non-hydrogen) atoms. The second kappa shape index (κ2) is 12.9. The minimum Gasteiger partial charge on any atom is -0.352 e. The van der Waals surface area contributed by atoms with E-state index in [4.69, 9.17) is 0 Å². The minimum atomic E-state index is -4.13. The van der Waals surface area contributed by atoms with Crippen molar-refractivity contribution in [3.8, 4) is 0 Å². The Bertz CT molecular complexity index is 1400. The molecule has 3 aromatic rings. The summed E-state index contributed by atoms with van der Waals surface area (Å²) in [4.78, 5) is 28.4. The number of hydrogen-bond acceptors (Lipinski definition) is 4. The fourth-order valence-corrected chi connectivity index (χ4v) is 6.44. The summed E-state index contributed by atoms with van der Waals surface area (Å²) in [6.07, 6.45) is 3.80. The van der Waals surface area contributed by atoms with E-state index in [1.54, 1.807) is 67.6 Å². The molecule has 0 unspecified atom stereocenters. The number of halogens is 2. The molecule has 1 aliphatic carbocycles. The molecule has 0 heterocycles. The van der Waals surface area contributed by atoms with Gasteiger partial charge in [-0.05, 0) is 84.8 Å². The minimum absolute atomic E-state index is 0.0315. The van der Waals surface area contributed by atoms with Gasteiger partial charge in [-0.3, -0.25) is 13.9 Å². The lowest BCUT2D eigenvalue weighted by Gasteiger charge is -2.32. The van der Waals surface area contributed by atoms with Gasteiger partial charge in [-0.25, -0.2) is 12.8 Å². The summed E-state index contributed by atoms with van der Waals surface area (Å²) in [6, 6.07) is 19.8. The molecular weight excluding hydrogens is 632 g/mol. The Balaban J connectivity index is 1.68. The maximum Gasteiger partial charge on any atom is 0.264 e. The van der Waals surface area contributed by atoms with Crippen molar-refractivity contribution in [1.82, 2.24) is 10.2 Å². The van der Waals surface area contributed by atoms with Crippen molar-refractivity contribution in [2.45, 2.75) is 56.1 Å². The van der Waals surface area contributed by atoms with Crippen LogP contribution in [0.25, 0.3) is 0 Å². The number of nitrogens with one attached hydrogen (secondary N) is 1. The van der Waals surface area contributed by atoms with Crippen LogP contribution in [0.5, 0.6) is 0 Å². The summed E-state index contributed by atoms with van der Waals surface area (Å²) in [5, 5.41) is 3.00. The molecule has 0 bridgehead atoms. The molecule has 0 radical (unpaired) electrons. The zero-order valence-corrected chi connectivity index (χ0v) is 24.6. The lowest BCUT2D eigenvalue weighted by Crippen LogP contribution is -2.52. The molecule has 1 N–H and O–H groups in total. The molecule has 2 amide bonds. The first-order valence-corrected chi connectivity index (χ1v) is 15.4. The van der Waals surface area contributed by atoms with Crippen molar-refractivity contribution in [1.29, 1.82) is 0 Å². The number of rotatable bonds is 10. The summed E-state index contributed by atoms with van der Waals surface area (Å²) in [5.74, 6) is -1.48. The first-order chi connectivity index (χ1) is 18.7. The van der Waals surface area contributed by atoms with Crippen LogP contribution in [0.1, 0.15) is 38.2 Å². The molecule has 4 rings (SSSR count). The number of sulfonamides is 1. The van der Waals surface area contributed by atoms with Crippen LogP contribution in [0, 0.1) is 9.39 Å². The van der Waals surface area contributed by atoms with Crippen LogP contribution in [-0.4, -0.2) is 43.8 Å². The third-order valence-corrected chi connectivity index (χ3v) is 9.40. The van der Waals surface area contributed by atoms with Crippen LogP contribution in [-0.2, 0) is 26.2 Å².